The van der Waals surface area contributed by atoms with Crippen LogP contribution in [0.5, 0.6) is 17.2 Å². The maximum atomic E-state index is 8.91. The van der Waals surface area contributed by atoms with Gasteiger partial charge in [-0.05, 0) is 25.1 Å². The van der Waals surface area contributed by atoms with Crippen molar-refractivity contribution in [2.45, 2.75) is 6.92 Å². The summed E-state index contributed by atoms with van der Waals surface area (Å²) in [5.41, 5.74) is 1.60. The molecule has 0 radical (unpaired) electrons. The number of rotatable bonds is 6. The van der Waals surface area contributed by atoms with Gasteiger partial charge in [0.2, 0.25) is 0 Å². The molecule has 2 aromatic rings. The number of hydrogen-bond donors (Lipinski definition) is 0. The zero-order valence-corrected chi connectivity index (χ0v) is 13.2. The summed E-state index contributed by atoms with van der Waals surface area (Å²) in [5, 5.41) is 9.25. The molecule has 0 aliphatic rings. The van der Waals surface area contributed by atoms with Crippen LogP contribution in [0.3, 0.4) is 0 Å². The molecule has 0 saturated heterocycles. The van der Waals surface area contributed by atoms with Gasteiger partial charge in [0.05, 0.1) is 23.8 Å². The van der Waals surface area contributed by atoms with Crippen molar-refractivity contribution in [3.63, 3.8) is 0 Å². The van der Waals surface area contributed by atoms with E-state index in [-0.39, 0.29) is 0 Å². The van der Waals surface area contributed by atoms with Crippen LogP contribution in [0.15, 0.2) is 36.4 Å². The largest absolute Gasteiger partial charge is 0.493 e. The summed E-state index contributed by atoms with van der Waals surface area (Å²) in [6.07, 6.45) is 0. The van der Waals surface area contributed by atoms with Gasteiger partial charge in [0.1, 0.15) is 19.0 Å². The summed E-state index contributed by atoms with van der Waals surface area (Å²) in [4.78, 5) is 0. The minimum absolute atomic E-state index is 0.315. The molecule has 0 aromatic heterocycles. The number of halogens is 1. The van der Waals surface area contributed by atoms with Gasteiger partial charge in [-0.3, -0.25) is 0 Å². The van der Waals surface area contributed by atoms with E-state index < -0.39 is 0 Å². The molecule has 0 N–H and O–H groups in total. The van der Waals surface area contributed by atoms with Crippen molar-refractivity contribution >= 4 is 11.6 Å². The Morgan fingerprint density at radius 3 is 2.41 bits per heavy atom. The monoisotopic (exact) mass is 317 g/mol. The van der Waals surface area contributed by atoms with Gasteiger partial charge in [-0.1, -0.05) is 29.3 Å². The smallest absolute Gasteiger partial charge is 0.179 e. The van der Waals surface area contributed by atoms with Gasteiger partial charge in [-0.25, -0.2) is 0 Å². The van der Waals surface area contributed by atoms with Gasteiger partial charge in [0.25, 0.3) is 0 Å². The molecule has 0 amide bonds. The van der Waals surface area contributed by atoms with E-state index in [0.717, 1.165) is 5.75 Å². The van der Waals surface area contributed by atoms with Gasteiger partial charge >= 0.3 is 0 Å². The third-order valence-electron chi connectivity index (χ3n) is 2.98. The van der Waals surface area contributed by atoms with Gasteiger partial charge in [-0.15, -0.1) is 0 Å². The lowest BCUT2D eigenvalue weighted by Crippen LogP contribution is -2.10. The second-order valence-electron chi connectivity index (χ2n) is 4.61. The SMILES string of the molecule is COc1cc(C#N)cc(Cl)c1OCCOc1ccc(C)cc1. The van der Waals surface area contributed by atoms with E-state index in [1.165, 1.54) is 12.7 Å². The van der Waals surface area contributed by atoms with Crippen LogP contribution in [0.25, 0.3) is 0 Å². The van der Waals surface area contributed by atoms with E-state index in [4.69, 9.17) is 31.1 Å². The van der Waals surface area contributed by atoms with Gasteiger partial charge < -0.3 is 14.2 Å². The molecule has 0 heterocycles. The number of methoxy groups -OCH3 is 1. The lowest BCUT2D eigenvalue weighted by atomic mass is 10.2. The van der Waals surface area contributed by atoms with Gasteiger partial charge in [0.15, 0.2) is 11.5 Å². The minimum Gasteiger partial charge on any atom is -0.493 e. The fraction of sp³-hybridized carbons (Fsp3) is 0.235. The predicted octanol–water partition coefficient (Wildman–Crippen LogP) is 3.99. The summed E-state index contributed by atoms with van der Waals surface area (Å²) in [6, 6.07) is 12.9. The highest BCUT2D eigenvalue weighted by Gasteiger charge is 2.12. The topological polar surface area (TPSA) is 51.5 Å². The number of hydrogen-bond acceptors (Lipinski definition) is 4. The molecule has 5 heteroatoms. The van der Waals surface area contributed by atoms with Crippen LogP contribution in [0.2, 0.25) is 5.02 Å². The highest BCUT2D eigenvalue weighted by atomic mass is 35.5. The first kappa shape index (κ1) is 16.0. The predicted molar refractivity (Wildman–Crippen MR) is 84.9 cm³/mol. The second-order valence-corrected chi connectivity index (χ2v) is 5.02. The molecule has 114 valence electrons. The molecule has 0 unspecified atom stereocenters. The number of benzene rings is 2. The molecule has 0 aliphatic heterocycles. The Labute approximate surface area is 134 Å². The second kappa shape index (κ2) is 7.58. The van der Waals surface area contributed by atoms with Crippen molar-refractivity contribution < 1.29 is 14.2 Å². The summed E-state index contributed by atoms with van der Waals surface area (Å²) in [6.45, 7) is 2.71. The van der Waals surface area contributed by atoms with Crippen LogP contribution in [0, 0.1) is 18.3 Å². The first-order valence-electron chi connectivity index (χ1n) is 6.74. The van der Waals surface area contributed by atoms with Gasteiger partial charge in [-0.2, -0.15) is 5.26 Å². The van der Waals surface area contributed by atoms with Gasteiger partial charge in [0, 0.05) is 6.07 Å². The molecule has 2 rings (SSSR count). The summed E-state index contributed by atoms with van der Waals surface area (Å²) < 4.78 is 16.4. The molecule has 0 fully saturated rings. The minimum atomic E-state index is 0.315. The lowest BCUT2D eigenvalue weighted by Gasteiger charge is -2.13. The zero-order valence-electron chi connectivity index (χ0n) is 12.4. The van der Waals surface area contributed by atoms with Crippen LogP contribution >= 0.6 is 11.6 Å². The molecule has 0 atom stereocenters. The Morgan fingerprint density at radius 2 is 1.77 bits per heavy atom. The van der Waals surface area contributed by atoms with Crippen molar-refractivity contribution in [2.24, 2.45) is 0 Å². The first-order chi connectivity index (χ1) is 10.6. The standard InChI is InChI=1S/C17H16ClNO3/c1-12-3-5-14(6-4-12)21-7-8-22-17-15(18)9-13(11-19)10-16(17)20-2/h3-6,9-10H,7-8H2,1-2H3. The maximum absolute atomic E-state index is 8.91. The molecule has 0 saturated carbocycles. The number of nitriles is 1. The Balaban J connectivity index is 1.94. The zero-order chi connectivity index (χ0) is 15.9. The van der Waals surface area contributed by atoms with Crippen molar-refractivity contribution in [3.05, 3.63) is 52.5 Å². The average molecular weight is 318 g/mol. The highest BCUT2D eigenvalue weighted by molar-refractivity contribution is 6.32. The Kier molecular flexibility index (Phi) is 5.51. The molecule has 4 nitrogen and oxygen atoms in total. The number of nitrogens with zero attached hydrogens (tertiary/aromatic N) is 1. The van der Waals surface area contributed by atoms with Crippen LogP contribution in [-0.4, -0.2) is 20.3 Å². The maximum Gasteiger partial charge on any atom is 0.179 e. The van der Waals surface area contributed by atoms with Crippen molar-refractivity contribution in [3.8, 4) is 23.3 Å². The van der Waals surface area contributed by atoms with E-state index in [1.807, 2.05) is 37.3 Å². The fourth-order valence-electron chi connectivity index (χ4n) is 1.86. The lowest BCUT2D eigenvalue weighted by molar-refractivity contribution is 0.211. The highest BCUT2D eigenvalue weighted by Crippen LogP contribution is 2.36. The Hall–Kier alpha value is -2.38. The van der Waals surface area contributed by atoms with Crippen LogP contribution in [0.1, 0.15) is 11.1 Å². The quantitative estimate of drug-likeness (QED) is 0.756. The molecular weight excluding hydrogens is 302 g/mol. The molecule has 0 aliphatic carbocycles. The van der Waals surface area contributed by atoms with E-state index in [1.54, 1.807) is 12.1 Å². The summed E-state index contributed by atoms with van der Waals surface area (Å²) >= 11 is 6.11. The van der Waals surface area contributed by atoms with Crippen LogP contribution in [0.4, 0.5) is 0 Å². The van der Waals surface area contributed by atoms with Crippen LogP contribution < -0.4 is 14.2 Å². The van der Waals surface area contributed by atoms with E-state index in [9.17, 15) is 0 Å². The Morgan fingerprint density at radius 1 is 1.09 bits per heavy atom. The molecule has 22 heavy (non-hydrogen) atoms. The molecular formula is C17H16ClNO3. The first-order valence-corrected chi connectivity index (χ1v) is 7.11. The Bertz CT molecular complexity index is 678. The average Bonchev–Trinajstić information content (AvgIpc) is 2.53. The number of aryl methyl sites for hydroxylation is 1. The molecule has 0 spiro atoms. The van der Waals surface area contributed by atoms with Crippen molar-refractivity contribution in [1.82, 2.24) is 0 Å². The van der Waals surface area contributed by atoms with E-state index >= 15 is 0 Å². The van der Waals surface area contributed by atoms with Crippen molar-refractivity contribution in [2.75, 3.05) is 20.3 Å². The summed E-state index contributed by atoms with van der Waals surface area (Å²) in [7, 11) is 1.50. The number of ether oxygens (including phenoxy) is 3. The third kappa shape index (κ3) is 4.06. The summed E-state index contributed by atoms with van der Waals surface area (Å²) in [5.74, 6) is 1.63. The van der Waals surface area contributed by atoms with Crippen molar-refractivity contribution in [1.29, 1.82) is 5.26 Å². The van der Waals surface area contributed by atoms with E-state index in [2.05, 4.69) is 0 Å². The third-order valence-corrected chi connectivity index (χ3v) is 3.26. The fourth-order valence-corrected chi connectivity index (χ4v) is 2.13. The molecule has 2 aromatic carbocycles. The van der Waals surface area contributed by atoms with Crippen LogP contribution in [-0.2, 0) is 0 Å². The molecule has 0 bridgehead atoms. The van der Waals surface area contributed by atoms with E-state index in [0.29, 0.717) is 35.3 Å². The normalized spacial score (nSPS) is 9.91.